The molecule has 0 saturated heterocycles. The van der Waals surface area contributed by atoms with Crippen LogP contribution in [0.15, 0.2) is 0 Å². The lowest BCUT2D eigenvalue weighted by molar-refractivity contribution is 0.0127. The van der Waals surface area contributed by atoms with Crippen molar-refractivity contribution in [3.63, 3.8) is 0 Å². The fraction of sp³-hybridized carbons (Fsp3) is 1.00. The second kappa shape index (κ2) is 3.14. The van der Waals surface area contributed by atoms with E-state index in [1.54, 1.807) is 0 Å². The number of rotatable bonds is 2. The standard InChI is InChI=1S/C6H13F2NO3S/c1-5(2,3)4(9)6(7,8)13(10,11)12/h4H,9H2,1-3H3,(H,10,11,12)/t4-/m0/s1. The third-order valence-electron chi connectivity index (χ3n) is 1.64. The van der Waals surface area contributed by atoms with Crippen LogP contribution in [0.2, 0.25) is 0 Å². The molecule has 80 valence electrons. The van der Waals surface area contributed by atoms with Crippen molar-refractivity contribution in [3.8, 4) is 0 Å². The van der Waals surface area contributed by atoms with Gasteiger partial charge in [-0.15, -0.1) is 0 Å². The van der Waals surface area contributed by atoms with Crippen molar-refractivity contribution in [2.45, 2.75) is 32.1 Å². The second-order valence-electron chi connectivity index (χ2n) is 3.88. The lowest BCUT2D eigenvalue weighted by Crippen LogP contribution is -2.53. The van der Waals surface area contributed by atoms with E-state index in [4.69, 9.17) is 10.3 Å². The van der Waals surface area contributed by atoms with Crippen LogP contribution in [-0.4, -0.2) is 24.3 Å². The van der Waals surface area contributed by atoms with E-state index < -0.39 is 26.8 Å². The van der Waals surface area contributed by atoms with E-state index in [9.17, 15) is 17.2 Å². The van der Waals surface area contributed by atoms with Crippen molar-refractivity contribution < 1.29 is 21.8 Å². The molecule has 3 N–H and O–H groups in total. The highest BCUT2D eigenvalue weighted by Gasteiger charge is 2.54. The summed E-state index contributed by atoms with van der Waals surface area (Å²) in [5.74, 6) is 0. The summed E-state index contributed by atoms with van der Waals surface area (Å²) in [5.41, 5.74) is 3.91. The Labute approximate surface area is 75.9 Å². The molecule has 0 rings (SSSR count). The molecule has 0 unspecified atom stereocenters. The zero-order valence-electron chi connectivity index (χ0n) is 7.58. The molecular weight excluding hydrogens is 204 g/mol. The van der Waals surface area contributed by atoms with Crippen LogP contribution in [-0.2, 0) is 10.1 Å². The fourth-order valence-corrected chi connectivity index (χ4v) is 1.34. The Kier molecular flexibility index (Phi) is 3.08. The summed E-state index contributed by atoms with van der Waals surface area (Å²) in [6.45, 7) is 4.07. The maximum absolute atomic E-state index is 12.9. The fourth-order valence-electron chi connectivity index (χ4n) is 0.665. The topological polar surface area (TPSA) is 80.4 Å². The quantitative estimate of drug-likeness (QED) is 0.672. The number of alkyl halides is 2. The molecule has 0 saturated carbocycles. The van der Waals surface area contributed by atoms with Crippen LogP contribution >= 0.6 is 0 Å². The minimum absolute atomic E-state index is 1.11. The van der Waals surface area contributed by atoms with Gasteiger partial charge < -0.3 is 5.73 Å². The molecule has 0 fully saturated rings. The molecular formula is C6H13F2NO3S. The molecule has 1 atom stereocenters. The van der Waals surface area contributed by atoms with Crippen LogP contribution in [0.25, 0.3) is 0 Å². The van der Waals surface area contributed by atoms with E-state index in [0.717, 1.165) is 0 Å². The highest BCUT2D eigenvalue weighted by molar-refractivity contribution is 7.86. The lowest BCUT2D eigenvalue weighted by Gasteiger charge is -2.31. The summed E-state index contributed by atoms with van der Waals surface area (Å²) < 4.78 is 54.5. The first-order chi connectivity index (χ1) is 5.40. The van der Waals surface area contributed by atoms with E-state index in [1.165, 1.54) is 20.8 Å². The molecule has 0 bridgehead atoms. The summed E-state index contributed by atoms with van der Waals surface area (Å²) in [4.78, 5) is 0. The van der Waals surface area contributed by atoms with Crippen molar-refractivity contribution in [2.75, 3.05) is 0 Å². The lowest BCUT2D eigenvalue weighted by atomic mass is 9.87. The summed E-state index contributed by atoms with van der Waals surface area (Å²) in [6.07, 6.45) is 0. The van der Waals surface area contributed by atoms with Gasteiger partial charge >= 0.3 is 15.4 Å². The van der Waals surface area contributed by atoms with Gasteiger partial charge in [-0.05, 0) is 5.41 Å². The van der Waals surface area contributed by atoms with Crippen LogP contribution in [0.5, 0.6) is 0 Å². The van der Waals surface area contributed by atoms with Gasteiger partial charge in [0.15, 0.2) is 0 Å². The predicted molar refractivity (Wildman–Crippen MR) is 43.9 cm³/mol. The maximum Gasteiger partial charge on any atom is 0.385 e. The molecule has 0 aromatic carbocycles. The Balaban J connectivity index is 5.09. The van der Waals surface area contributed by atoms with Gasteiger partial charge in [-0.25, -0.2) is 0 Å². The molecule has 0 radical (unpaired) electrons. The van der Waals surface area contributed by atoms with Crippen LogP contribution in [0.1, 0.15) is 20.8 Å². The van der Waals surface area contributed by atoms with Crippen molar-refractivity contribution >= 4 is 10.1 Å². The Morgan fingerprint density at radius 1 is 1.31 bits per heavy atom. The van der Waals surface area contributed by atoms with Gasteiger partial charge in [-0.1, -0.05) is 20.8 Å². The molecule has 0 amide bonds. The molecule has 13 heavy (non-hydrogen) atoms. The Bertz CT molecular complexity index is 281. The molecule has 0 aliphatic rings. The van der Waals surface area contributed by atoms with Gasteiger partial charge in [0.1, 0.15) is 0 Å². The van der Waals surface area contributed by atoms with Crippen LogP contribution in [0.4, 0.5) is 8.78 Å². The van der Waals surface area contributed by atoms with E-state index in [2.05, 4.69) is 0 Å². The maximum atomic E-state index is 12.9. The monoisotopic (exact) mass is 217 g/mol. The Morgan fingerprint density at radius 2 is 1.62 bits per heavy atom. The van der Waals surface area contributed by atoms with Gasteiger partial charge in [-0.3, -0.25) is 4.55 Å². The van der Waals surface area contributed by atoms with E-state index in [1.807, 2.05) is 0 Å². The third kappa shape index (κ3) is 2.58. The van der Waals surface area contributed by atoms with Crippen molar-refractivity contribution in [1.82, 2.24) is 0 Å². The van der Waals surface area contributed by atoms with Crippen molar-refractivity contribution in [1.29, 1.82) is 0 Å². The zero-order valence-corrected chi connectivity index (χ0v) is 8.40. The van der Waals surface area contributed by atoms with Crippen molar-refractivity contribution in [2.24, 2.45) is 11.1 Å². The Morgan fingerprint density at radius 3 is 1.69 bits per heavy atom. The summed E-state index contributed by atoms with van der Waals surface area (Å²) in [6, 6.07) is -1.95. The SMILES string of the molecule is CC(C)(C)[C@H](N)C(F)(F)S(=O)(=O)O. The predicted octanol–water partition coefficient (Wildman–Crippen LogP) is 0.840. The summed E-state index contributed by atoms with van der Waals surface area (Å²) in [7, 11) is -5.44. The van der Waals surface area contributed by atoms with Gasteiger partial charge in [0.2, 0.25) is 0 Å². The molecule has 0 heterocycles. The highest BCUT2D eigenvalue weighted by atomic mass is 32.2. The van der Waals surface area contributed by atoms with E-state index in [0.29, 0.717) is 0 Å². The van der Waals surface area contributed by atoms with E-state index in [-0.39, 0.29) is 0 Å². The minimum atomic E-state index is -5.44. The molecule has 0 aliphatic heterocycles. The molecule has 0 spiro atoms. The molecule has 0 aromatic rings. The summed E-state index contributed by atoms with van der Waals surface area (Å²) in [5, 5.41) is -4.31. The second-order valence-corrected chi connectivity index (χ2v) is 5.38. The number of nitrogens with two attached hydrogens (primary N) is 1. The largest absolute Gasteiger partial charge is 0.385 e. The first kappa shape index (κ1) is 12.7. The number of hydrogen-bond donors (Lipinski definition) is 2. The zero-order chi connectivity index (χ0) is 11.1. The van der Waals surface area contributed by atoms with Crippen LogP contribution in [0, 0.1) is 5.41 Å². The van der Waals surface area contributed by atoms with Gasteiger partial charge in [-0.2, -0.15) is 17.2 Å². The first-order valence-electron chi connectivity index (χ1n) is 3.51. The molecule has 0 aromatic heterocycles. The van der Waals surface area contributed by atoms with Gasteiger partial charge in [0, 0.05) is 0 Å². The smallest absolute Gasteiger partial charge is 0.321 e. The van der Waals surface area contributed by atoms with Crippen LogP contribution < -0.4 is 5.73 Å². The summed E-state index contributed by atoms with van der Waals surface area (Å²) >= 11 is 0. The van der Waals surface area contributed by atoms with Gasteiger partial charge in [0.05, 0.1) is 6.04 Å². The number of halogens is 2. The van der Waals surface area contributed by atoms with Crippen molar-refractivity contribution in [3.05, 3.63) is 0 Å². The number of hydrogen-bond acceptors (Lipinski definition) is 3. The molecule has 4 nitrogen and oxygen atoms in total. The first-order valence-corrected chi connectivity index (χ1v) is 4.95. The average Bonchev–Trinajstić information content (AvgIpc) is 1.81. The molecule has 7 heteroatoms. The van der Waals surface area contributed by atoms with Crippen LogP contribution in [0.3, 0.4) is 0 Å². The third-order valence-corrected chi connectivity index (χ3v) is 2.58. The minimum Gasteiger partial charge on any atom is -0.321 e. The molecule has 0 aliphatic carbocycles. The normalized spacial score (nSPS) is 17.2. The van der Waals surface area contributed by atoms with Gasteiger partial charge in [0.25, 0.3) is 0 Å². The average molecular weight is 217 g/mol. The van der Waals surface area contributed by atoms with E-state index >= 15 is 0 Å². The Hall–Kier alpha value is -0.270. The highest BCUT2D eigenvalue weighted by Crippen LogP contribution is 2.33.